The van der Waals surface area contributed by atoms with E-state index in [0.29, 0.717) is 6.42 Å². The fourth-order valence-corrected chi connectivity index (χ4v) is 2.65. The summed E-state index contributed by atoms with van der Waals surface area (Å²) in [4.78, 5) is 14.4. The van der Waals surface area contributed by atoms with Crippen LogP contribution in [0.15, 0.2) is 46.9 Å². The molecule has 0 aliphatic rings. The van der Waals surface area contributed by atoms with Crippen LogP contribution in [0, 0.1) is 0 Å². The molecule has 0 bridgehead atoms. The lowest BCUT2D eigenvalue weighted by molar-refractivity contribution is 0.0993. The molecule has 0 radical (unpaired) electrons. The quantitative estimate of drug-likeness (QED) is 0.767. The molecule has 0 amide bonds. The van der Waals surface area contributed by atoms with Crippen molar-refractivity contribution in [3.63, 3.8) is 0 Å². The highest BCUT2D eigenvalue weighted by molar-refractivity contribution is 9.10. The molecule has 0 aromatic heterocycles. The molecule has 3 nitrogen and oxygen atoms in total. The molecule has 0 fully saturated rings. The molecule has 110 valence electrons. The molecule has 21 heavy (non-hydrogen) atoms. The van der Waals surface area contributed by atoms with Crippen LogP contribution in [-0.2, 0) is 6.42 Å². The van der Waals surface area contributed by atoms with Crippen molar-refractivity contribution in [1.82, 2.24) is 0 Å². The molecule has 0 saturated carbocycles. The predicted octanol–water partition coefficient (Wildman–Crippen LogP) is 3.95. The van der Waals surface area contributed by atoms with Gasteiger partial charge in [-0.25, -0.2) is 0 Å². The van der Waals surface area contributed by atoms with E-state index >= 15 is 0 Å². The number of halogens is 1. The Morgan fingerprint density at radius 1 is 1.19 bits per heavy atom. The number of Topliss-reactive ketones (excluding diaryl/α,β-unsaturated/α-hetero) is 1. The van der Waals surface area contributed by atoms with Crippen LogP contribution in [0.2, 0.25) is 0 Å². The standard InChI is InChI=1S/C17H18BrNO2/c1-19(2)14-6-4-5-13(11-14)16(20)10-12-7-8-17(21-3)15(18)9-12/h4-9,11H,10H2,1-3H3. The molecule has 0 spiro atoms. The molecule has 4 heteroatoms. The van der Waals surface area contributed by atoms with Crippen molar-refractivity contribution in [2.75, 3.05) is 26.1 Å². The third kappa shape index (κ3) is 3.85. The van der Waals surface area contributed by atoms with Crippen molar-refractivity contribution in [2.24, 2.45) is 0 Å². The Balaban J connectivity index is 2.18. The summed E-state index contributed by atoms with van der Waals surface area (Å²) in [7, 11) is 5.55. The van der Waals surface area contributed by atoms with Crippen molar-refractivity contribution in [2.45, 2.75) is 6.42 Å². The van der Waals surface area contributed by atoms with E-state index in [0.717, 1.165) is 27.0 Å². The molecule has 0 unspecified atom stereocenters. The lowest BCUT2D eigenvalue weighted by atomic mass is 10.0. The van der Waals surface area contributed by atoms with Crippen LogP contribution in [0.25, 0.3) is 0 Å². The van der Waals surface area contributed by atoms with Gasteiger partial charge in [-0.15, -0.1) is 0 Å². The maximum Gasteiger partial charge on any atom is 0.167 e. The summed E-state index contributed by atoms with van der Waals surface area (Å²) in [5, 5.41) is 0. The van der Waals surface area contributed by atoms with Crippen LogP contribution >= 0.6 is 15.9 Å². The Kier molecular flexibility index (Phi) is 5.02. The molecule has 2 aromatic carbocycles. The van der Waals surface area contributed by atoms with Crippen LogP contribution in [0.1, 0.15) is 15.9 Å². The average Bonchev–Trinajstić information content (AvgIpc) is 2.47. The smallest absolute Gasteiger partial charge is 0.167 e. The fourth-order valence-electron chi connectivity index (χ4n) is 2.06. The van der Waals surface area contributed by atoms with Gasteiger partial charge in [0.2, 0.25) is 0 Å². The Labute approximate surface area is 133 Å². The van der Waals surface area contributed by atoms with Crippen molar-refractivity contribution in [3.05, 3.63) is 58.1 Å². The number of ketones is 1. The normalized spacial score (nSPS) is 10.3. The highest BCUT2D eigenvalue weighted by atomic mass is 79.9. The summed E-state index contributed by atoms with van der Waals surface area (Å²) in [6.07, 6.45) is 0.374. The Bertz CT molecular complexity index is 653. The molecule has 0 atom stereocenters. The van der Waals surface area contributed by atoms with E-state index in [2.05, 4.69) is 15.9 Å². The van der Waals surface area contributed by atoms with E-state index < -0.39 is 0 Å². The predicted molar refractivity (Wildman–Crippen MR) is 89.5 cm³/mol. The summed E-state index contributed by atoms with van der Waals surface area (Å²) in [5.74, 6) is 0.872. The number of nitrogens with zero attached hydrogens (tertiary/aromatic N) is 1. The van der Waals surface area contributed by atoms with Crippen LogP contribution < -0.4 is 9.64 Å². The molecular formula is C17H18BrNO2. The summed E-state index contributed by atoms with van der Waals surface area (Å²) >= 11 is 3.44. The first-order valence-electron chi connectivity index (χ1n) is 6.64. The Hall–Kier alpha value is -1.81. The molecule has 0 aliphatic carbocycles. The van der Waals surface area contributed by atoms with Gasteiger partial charge in [0.15, 0.2) is 5.78 Å². The van der Waals surface area contributed by atoms with E-state index in [1.165, 1.54) is 0 Å². The first-order chi connectivity index (χ1) is 10.0. The number of rotatable bonds is 5. The minimum absolute atomic E-state index is 0.107. The Morgan fingerprint density at radius 3 is 2.57 bits per heavy atom. The first-order valence-corrected chi connectivity index (χ1v) is 7.43. The van der Waals surface area contributed by atoms with E-state index in [1.807, 2.05) is 61.5 Å². The number of anilines is 1. The SMILES string of the molecule is COc1ccc(CC(=O)c2cccc(N(C)C)c2)cc1Br. The van der Waals surface area contributed by atoms with Crippen molar-refractivity contribution in [3.8, 4) is 5.75 Å². The van der Waals surface area contributed by atoms with Gasteiger partial charge in [0.05, 0.1) is 11.6 Å². The van der Waals surface area contributed by atoms with Crippen LogP contribution in [0.4, 0.5) is 5.69 Å². The second-order valence-electron chi connectivity index (χ2n) is 5.01. The maximum atomic E-state index is 12.4. The maximum absolute atomic E-state index is 12.4. The number of benzene rings is 2. The minimum Gasteiger partial charge on any atom is -0.496 e. The molecule has 0 saturated heterocycles. The van der Waals surface area contributed by atoms with Crippen molar-refractivity contribution < 1.29 is 9.53 Å². The van der Waals surface area contributed by atoms with Gasteiger partial charge in [-0.1, -0.05) is 18.2 Å². The van der Waals surface area contributed by atoms with Gasteiger partial charge in [-0.2, -0.15) is 0 Å². The summed E-state index contributed by atoms with van der Waals surface area (Å²) < 4.78 is 6.05. The number of hydrogen-bond acceptors (Lipinski definition) is 3. The monoisotopic (exact) mass is 347 g/mol. The van der Waals surface area contributed by atoms with E-state index in [4.69, 9.17) is 4.74 Å². The number of carbonyl (C=O) groups is 1. The van der Waals surface area contributed by atoms with Crippen LogP contribution in [0.5, 0.6) is 5.75 Å². The van der Waals surface area contributed by atoms with E-state index in [1.54, 1.807) is 7.11 Å². The van der Waals surface area contributed by atoms with Crippen LogP contribution in [-0.4, -0.2) is 27.0 Å². The van der Waals surface area contributed by atoms with Crippen molar-refractivity contribution in [1.29, 1.82) is 0 Å². The number of ether oxygens (including phenoxy) is 1. The van der Waals surface area contributed by atoms with E-state index in [-0.39, 0.29) is 5.78 Å². The first kappa shape index (κ1) is 15.6. The molecule has 0 N–H and O–H groups in total. The zero-order valence-corrected chi connectivity index (χ0v) is 14.0. The average molecular weight is 348 g/mol. The van der Waals surface area contributed by atoms with Gasteiger partial charge < -0.3 is 9.64 Å². The van der Waals surface area contributed by atoms with Gasteiger partial charge in [-0.3, -0.25) is 4.79 Å². The van der Waals surface area contributed by atoms with Crippen molar-refractivity contribution >= 4 is 27.4 Å². The lowest BCUT2D eigenvalue weighted by Gasteiger charge is -2.13. The Morgan fingerprint density at radius 2 is 1.95 bits per heavy atom. The topological polar surface area (TPSA) is 29.5 Å². The highest BCUT2D eigenvalue weighted by Crippen LogP contribution is 2.26. The zero-order valence-electron chi connectivity index (χ0n) is 12.4. The molecule has 2 aromatic rings. The summed E-state index contributed by atoms with van der Waals surface area (Å²) in [6, 6.07) is 13.4. The van der Waals surface area contributed by atoms with Gasteiger partial charge in [-0.05, 0) is 45.8 Å². The second kappa shape index (κ2) is 6.76. The second-order valence-corrected chi connectivity index (χ2v) is 5.87. The van der Waals surface area contributed by atoms with Gasteiger partial charge in [0.1, 0.15) is 5.75 Å². The van der Waals surface area contributed by atoms with Gasteiger partial charge in [0, 0.05) is 31.8 Å². The molecule has 0 heterocycles. The minimum atomic E-state index is 0.107. The molecular weight excluding hydrogens is 330 g/mol. The van der Waals surface area contributed by atoms with Crippen LogP contribution in [0.3, 0.4) is 0 Å². The molecule has 0 aliphatic heterocycles. The number of carbonyl (C=O) groups excluding carboxylic acids is 1. The summed E-state index contributed by atoms with van der Waals surface area (Å²) in [5.41, 5.74) is 2.72. The third-order valence-corrected chi connectivity index (χ3v) is 3.89. The van der Waals surface area contributed by atoms with E-state index in [9.17, 15) is 4.79 Å². The van der Waals surface area contributed by atoms with Gasteiger partial charge in [0.25, 0.3) is 0 Å². The number of hydrogen-bond donors (Lipinski definition) is 0. The zero-order chi connectivity index (χ0) is 15.4. The fraction of sp³-hybridized carbons (Fsp3) is 0.235. The largest absolute Gasteiger partial charge is 0.496 e. The van der Waals surface area contributed by atoms with Gasteiger partial charge >= 0.3 is 0 Å². The third-order valence-electron chi connectivity index (χ3n) is 3.27. The summed E-state index contributed by atoms with van der Waals surface area (Å²) in [6.45, 7) is 0. The highest BCUT2D eigenvalue weighted by Gasteiger charge is 2.10. The number of methoxy groups -OCH3 is 1. The molecule has 2 rings (SSSR count). The lowest BCUT2D eigenvalue weighted by Crippen LogP contribution is -2.10.